The quantitative estimate of drug-likeness (QED) is 0.528. The first-order valence-corrected chi connectivity index (χ1v) is 11.1. The van der Waals surface area contributed by atoms with E-state index in [1.54, 1.807) is 18.2 Å². The summed E-state index contributed by atoms with van der Waals surface area (Å²) in [6.45, 7) is 7.53. The lowest BCUT2D eigenvalue weighted by Crippen LogP contribution is -2.45. The standard InChI is InChI=1S/C24H30Cl2N2O/c1-24(2,3)18-9-12-20(13-10-18)28(16-17-7-5-4-6-8-17)23(29)27-22-14-11-19(25)15-21(22)26/h4-8,11,14-15,18,20H,9-10,12-13,16H2,1-3H3,(H,27,29)/t18-,20-. The van der Waals surface area contributed by atoms with E-state index in [1.807, 2.05) is 23.1 Å². The SMILES string of the molecule is CC(C)(C)[C@H]1CC[C@H](N(Cc2ccccc2)C(=O)Nc2ccc(Cl)cc2Cl)CC1. The third-order valence-electron chi connectivity index (χ3n) is 5.99. The third kappa shape index (κ3) is 5.90. The van der Waals surface area contributed by atoms with Crippen LogP contribution < -0.4 is 5.32 Å². The van der Waals surface area contributed by atoms with Gasteiger partial charge in [-0.3, -0.25) is 0 Å². The Balaban J connectivity index is 1.77. The van der Waals surface area contributed by atoms with Crippen LogP contribution in [0.4, 0.5) is 10.5 Å². The van der Waals surface area contributed by atoms with E-state index in [4.69, 9.17) is 23.2 Å². The molecule has 0 bridgehead atoms. The van der Waals surface area contributed by atoms with Crippen LogP contribution >= 0.6 is 23.2 Å². The lowest BCUT2D eigenvalue weighted by molar-refractivity contribution is 0.110. The van der Waals surface area contributed by atoms with E-state index in [1.165, 1.54) is 0 Å². The molecule has 0 radical (unpaired) electrons. The average Bonchev–Trinajstić information content (AvgIpc) is 2.68. The van der Waals surface area contributed by atoms with E-state index < -0.39 is 0 Å². The van der Waals surface area contributed by atoms with Gasteiger partial charge in [0.15, 0.2) is 0 Å². The third-order valence-corrected chi connectivity index (χ3v) is 6.54. The van der Waals surface area contributed by atoms with Gasteiger partial charge < -0.3 is 10.2 Å². The number of amides is 2. The monoisotopic (exact) mass is 432 g/mol. The van der Waals surface area contributed by atoms with E-state index in [2.05, 4.69) is 38.2 Å². The molecule has 0 heterocycles. The highest BCUT2D eigenvalue weighted by Gasteiger charge is 2.33. The Morgan fingerprint density at radius 2 is 1.69 bits per heavy atom. The second-order valence-corrected chi connectivity index (χ2v) is 9.88. The maximum Gasteiger partial charge on any atom is 0.322 e. The first-order chi connectivity index (χ1) is 13.7. The highest BCUT2D eigenvalue weighted by atomic mass is 35.5. The van der Waals surface area contributed by atoms with Crippen LogP contribution in [0.3, 0.4) is 0 Å². The highest BCUT2D eigenvalue weighted by Crippen LogP contribution is 2.39. The fourth-order valence-electron chi connectivity index (χ4n) is 4.18. The highest BCUT2D eigenvalue weighted by molar-refractivity contribution is 6.36. The summed E-state index contributed by atoms with van der Waals surface area (Å²) in [5.41, 5.74) is 2.03. The summed E-state index contributed by atoms with van der Waals surface area (Å²) in [6.07, 6.45) is 4.34. The molecule has 29 heavy (non-hydrogen) atoms. The number of anilines is 1. The van der Waals surface area contributed by atoms with Crippen LogP contribution in [0.25, 0.3) is 0 Å². The van der Waals surface area contributed by atoms with Gasteiger partial charge in [-0.1, -0.05) is 74.3 Å². The second kappa shape index (κ2) is 9.40. The van der Waals surface area contributed by atoms with E-state index in [-0.39, 0.29) is 12.1 Å². The molecule has 2 amide bonds. The molecule has 0 unspecified atom stereocenters. The van der Waals surface area contributed by atoms with E-state index in [0.717, 1.165) is 31.2 Å². The molecule has 1 aliphatic rings. The van der Waals surface area contributed by atoms with Crippen LogP contribution in [0.15, 0.2) is 48.5 Å². The van der Waals surface area contributed by atoms with Crippen molar-refractivity contribution in [1.29, 1.82) is 0 Å². The molecule has 0 spiro atoms. The summed E-state index contributed by atoms with van der Waals surface area (Å²) in [5, 5.41) is 3.99. The maximum absolute atomic E-state index is 13.3. The number of benzene rings is 2. The van der Waals surface area contributed by atoms with E-state index in [9.17, 15) is 4.79 Å². The molecule has 0 aromatic heterocycles. The Morgan fingerprint density at radius 1 is 1.03 bits per heavy atom. The smallest absolute Gasteiger partial charge is 0.317 e. The molecule has 1 N–H and O–H groups in total. The van der Waals surface area contributed by atoms with Crippen LogP contribution in [0.5, 0.6) is 0 Å². The zero-order chi connectivity index (χ0) is 21.0. The second-order valence-electron chi connectivity index (χ2n) is 9.04. The number of rotatable bonds is 4. The molecular weight excluding hydrogens is 403 g/mol. The summed E-state index contributed by atoms with van der Waals surface area (Å²) in [4.78, 5) is 15.2. The number of carbonyl (C=O) groups is 1. The van der Waals surface area contributed by atoms with Crippen molar-refractivity contribution in [1.82, 2.24) is 4.90 Å². The lowest BCUT2D eigenvalue weighted by atomic mass is 9.71. The Kier molecular flexibility index (Phi) is 7.13. The maximum atomic E-state index is 13.3. The minimum atomic E-state index is -0.114. The summed E-state index contributed by atoms with van der Waals surface area (Å²) >= 11 is 12.3. The Morgan fingerprint density at radius 3 is 2.28 bits per heavy atom. The van der Waals surface area contributed by atoms with Crippen molar-refractivity contribution in [3.05, 3.63) is 64.1 Å². The van der Waals surface area contributed by atoms with Gasteiger partial charge in [0.2, 0.25) is 0 Å². The first-order valence-electron chi connectivity index (χ1n) is 10.3. The van der Waals surface area contributed by atoms with Crippen LogP contribution in [-0.4, -0.2) is 17.0 Å². The Bertz CT molecular complexity index is 825. The van der Waals surface area contributed by atoms with Crippen molar-refractivity contribution >= 4 is 34.9 Å². The Labute approximate surface area is 184 Å². The predicted octanol–water partition coefficient (Wildman–Crippen LogP) is 7.63. The molecule has 0 saturated heterocycles. The largest absolute Gasteiger partial charge is 0.322 e. The minimum absolute atomic E-state index is 0.114. The molecule has 3 nitrogen and oxygen atoms in total. The first kappa shape index (κ1) is 22.0. The van der Waals surface area contributed by atoms with Crippen molar-refractivity contribution in [2.45, 2.75) is 59.0 Å². The number of halogens is 2. The number of nitrogens with zero attached hydrogens (tertiary/aromatic N) is 1. The van der Waals surface area contributed by atoms with Gasteiger partial charge >= 0.3 is 6.03 Å². The van der Waals surface area contributed by atoms with Crippen LogP contribution in [0.2, 0.25) is 10.0 Å². The van der Waals surface area contributed by atoms with Crippen LogP contribution in [0, 0.1) is 11.3 Å². The fourth-order valence-corrected chi connectivity index (χ4v) is 4.63. The van der Waals surface area contributed by atoms with Gasteiger partial charge in [-0.05, 0) is 60.8 Å². The molecular formula is C24H30Cl2N2O. The normalized spacial score (nSPS) is 19.6. The van der Waals surface area contributed by atoms with Crippen molar-refractivity contribution < 1.29 is 4.79 Å². The zero-order valence-corrected chi connectivity index (χ0v) is 18.9. The fraction of sp³-hybridized carbons (Fsp3) is 0.458. The minimum Gasteiger partial charge on any atom is -0.317 e. The number of carbonyl (C=O) groups excluding carboxylic acids is 1. The Hall–Kier alpha value is -1.71. The molecule has 0 aliphatic heterocycles. The summed E-state index contributed by atoms with van der Waals surface area (Å²) in [5.74, 6) is 0.700. The predicted molar refractivity (Wildman–Crippen MR) is 123 cm³/mol. The van der Waals surface area contributed by atoms with Crippen LogP contribution in [-0.2, 0) is 6.54 Å². The zero-order valence-electron chi connectivity index (χ0n) is 17.4. The van der Waals surface area contributed by atoms with Gasteiger partial charge in [0.25, 0.3) is 0 Å². The number of urea groups is 1. The van der Waals surface area contributed by atoms with Gasteiger partial charge in [-0.25, -0.2) is 4.79 Å². The van der Waals surface area contributed by atoms with Gasteiger partial charge in [0.1, 0.15) is 0 Å². The van der Waals surface area contributed by atoms with Gasteiger partial charge in [0, 0.05) is 17.6 Å². The summed E-state index contributed by atoms with van der Waals surface area (Å²) in [7, 11) is 0. The molecule has 5 heteroatoms. The number of nitrogens with one attached hydrogen (secondary N) is 1. The van der Waals surface area contributed by atoms with Crippen molar-refractivity contribution in [2.24, 2.45) is 11.3 Å². The average molecular weight is 433 g/mol. The molecule has 1 aliphatic carbocycles. The molecule has 1 saturated carbocycles. The molecule has 0 atom stereocenters. The molecule has 2 aromatic rings. The molecule has 1 fully saturated rings. The van der Waals surface area contributed by atoms with Gasteiger partial charge in [-0.15, -0.1) is 0 Å². The van der Waals surface area contributed by atoms with Crippen molar-refractivity contribution in [2.75, 3.05) is 5.32 Å². The van der Waals surface area contributed by atoms with Crippen LogP contribution in [0.1, 0.15) is 52.0 Å². The molecule has 156 valence electrons. The summed E-state index contributed by atoms with van der Waals surface area (Å²) < 4.78 is 0. The van der Waals surface area contributed by atoms with Crippen molar-refractivity contribution in [3.63, 3.8) is 0 Å². The molecule has 2 aromatic carbocycles. The summed E-state index contributed by atoms with van der Waals surface area (Å²) in [6, 6.07) is 15.4. The van der Waals surface area contributed by atoms with Crippen molar-refractivity contribution in [3.8, 4) is 0 Å². The van der Waals surface area contributed by atoms with Gasteiger partial charge in [0.05, 0.1) is 10.7 Å². The number of hydrogen-bond acceptors (Lipinski definition) is 1. The lowest BCUT2D eigenvalue weighted by Gasteiger charge is -2.41. The van der Waals surface area contributed by atoms with Gasteiger partial charge in [-0.2, -0.15) is 0 Å². The van der Waals surface area contributed by atoms with E-state index in [0.29, 0.717) is 33.6 Å². The number of hydrogen-bond donors (Lipinski definition) is 1. The molecule has 3 rings (SSSR count). The van der Waals surface area contributed by atoms with E-state index >= 15 is 0 Å². The topological polar surface area (TPSA) is 32.3 Å².